The van der Waals surface area contributed by atoms with Crippen LogP contribution < -0.4 is 5.32 Å². The molecule has 1 saturated heterocycles. The molecule has 0 aromatic carbocycles. The molecule has 1 unspecified atom stereocenters. The summed E-state index contributed by atoms with van der Waals surface area (Å²) in [6, 6.07) is 0. The highest BCUT2D eigenvalue weighted by molar-refractivity contribution is 4.68. The van der Waals surface area contributed by atoms with Crippen LogP contribution in [-0.2, 0) is 4.74 Å². The summed E-state index contributed by atoms with van der Waals surface area (Å²) in [6.07, 6.45) is -3.24. The van der Waals surface area contributed by atoms with Crippen LogP contribution in [0.15, 0.2) is 0 Å². The molecule has 1 aliphatic heterocycles. The highest BCUT2D eigenvalue weighted by atomic mass is 19.3. The summed E-state index contributed by atoms with van der Waals surface area (Å²) in [6.45, 7) is 1.36. The number of ether oxygens (including phenoxy) is 1. The lowest BCUT2D eigenvalue weighted by Gasteiger charge is -2.22. The standard InChI is InChI=1S/C5H9F2NO/c6-5(7)4-3-8-1-2-9-4/h4-5,8H,1-3H2. The van der Waals surface area contributed by atoms with Crippen LogP contribution in [0.5, 0.6) is 0 Å². The lowest BCUT2D eigenvalue weighted by atomic mass is 10.3. The zero-order valence-electron chi connectivity index (χ0n) is 4.94. The Balaban J connectivity index is 2.23. The second-order valence-electron chi connectivity index (χ2n) is 1.95. The van der Waals surface area contributed by atoms with Crippen molar-refractivity contribution >= 4 is 0 Å². The molecule has 9 heavy (non-hydrogen) atoms. The van der Waals surface area contributed by atoms with Gasteiger partial charge >= 0.3 is 0 Å². The largest absolute Gasteiger partial charge is 0.370 e. The van der Waals surface area contributed by atoms with Crippen LogP contribution in [0.1, 0.15) is 0 Å². The third-order valence-corrected chi connectivity index (χ3v) is 1.24. The van der Waals surface area contributed by atoms with Gasteiger partial charge in [-0.2, -0.15) is 0 Å². The maximum atomic E-state index is 11.8. The fourth-order valence-corrected chi connectivity index (χ4v) is 0.748. The van der Waals surface area contributed by atoms with E-state index in [0.717, 1.165) is 0 Å². The Kier molecular flexibility index (Phi) is 2.36. The lowest BCUT2D eigenvalue weighted by Crippen LogP contribution is -2.42. The summed E-state index contributed by atoms with van der Waals surface area (Å²) in [5.74, 6) is 0. The Hall–Kier alpha value is -0.220. The number of hydrogen-bond acceptors (Lipinski definition) is 2. The minimum absolute atomic E-state index is 0.275. The predicted molar refractivity (Wildman–Crippen MR) is 28.6 cm³/mol. The van der Waals surface area contributed by atoms with Crippen LogP contribution in [0.25, 0.3) is 0 Å². The molecule has 4 heteroatoms. The van der Waals surface area contributed by atoms with Crippen molar-refractivity contribution in [2.24, 2.45) is 0 Å². The average molecular weight is 137 g/mol. The van der Waals surface area contributed by atoms with Gasteiger partial charge < -0.3 is 10.1 Å². The van der Waals surface area contributed by atoms with Crippen molar-refractivity contribution in [1.82, 2.24) is 5.32 Å². The summed E-state index contributed by atoms with van der Waals surface area (Å²) in [7, 11) is 0. The molecule has 0 amide bonds. The molecular formula is C5H9F2NO. The first kappa shape index (κ1) is 6.89. The molecule has 0 radical (unpaired) electrons. The van der Waals surface area contributed by atoms with Gasteiger partial charge in [0.2, 0.25) is 0 Å². The summed E-state index contributed by atoms with van der Waals surface area (Å²) in [4.78, 5) is 0. The second kappa shape index (κ2) is 3.08. The zero-order valence-corrected chi connectivity index (χ0v) is 4.94. The zero-order chi connectivity index (χ0) is 6.69. The SMILES string of the molecule is FC(F)C1CNCCO1. The number of halogens is 2. The lowest BCUT2D eigenvalue weighted by molar-refractivity contribution is -0.0686. The Bertz CT molecular complexity index is 83.0. The van der Waals surface area contributed by atoms with Gasteiger partial charge in [-0.25, -0.2) is 8.78 Å². The Labute approximate surface area is 52.2 Å². The van der Waals surface area contributed by atoms with Crippen LogP contribution in [-0.4, -0.2) is 32.2 Å². The van der Waals surface area contributed by atoms with E-state index in [-0.39, 0.29) is 6.54 Å². The van der Waals surface area contributed by atoms with E-state index >= 15 is 0 Å². The maximum Gasteiger partial charge on any atom is 0.265 e. The fraction of sp³-hybridized carbons (Fsp3) is 1.00. The van der Waals surface area contributed by atoms with Gasteiger partial charge in [-0.05, 0) is 0 Å². The second-order valence-corrected chi connectivity index (χ2v) is 1.95. The third-order valence-electron chi connectivity index (χ3n) is 1.24. The maximum absolute atomic E-state index is 11.8. The average Bonchev–Trinajstić information content (AvgIpc) is 1.90. The van der Waals surface area contributed by atoms with E-state index in [1.807, 2.05) is 0 Å². The van der Waals surface area contributed by atoms with E-state index in [1.165, 1.54) is 0 Å². The van der Waals surface area contributed by atoms with Gasteiger partial charge in [-0.1, -0.05) is 0 Å². The Morgan fingerprint density at radius 1 is 1.56 bits per heavy atom. The van der Waals surface area contributed by atoms with Crippen LogP contribution in [0.4, 0.5) is 8.78 Å². The first-order chi connectivity index (χ1) is 4.30. The molecule has 0 spiro atoms. The smallest absolute Gasteiger partial charge is 0.265 e. The Morgan fingerprint density at radius 3 is 2.67 bits per heavy atom. The van der Waals surface area contributed by atoms with E-state index in [9.17, 15) is 8.78 Å². The van der Waals surface area contributed by atoms with E-state index in [1.54, 1.807) is 0 Å². The van der Waals surface area contributed by atoms with Crippen molar-refractivity contribution in [3.8, 4) is 0 Å². The molecule has 0 aromatic heterocycles. The first-order valence-corrected chi connectivity index (χ1v) is 2.91. The van der Waals surface area contributed by atoms with E-state index in [0.29, 0.717) is 13.2 Å². The Morgan fingerprint density at radius 2 is 2.33 bits per heavy atom. The van der Waals surface area contributed by atoms with Crippen molar-refractivity contribution in [3.05, 3.63) is 0 Å². The molecule has 0 saturated carbocycles. The number of hydrogen-bond donors (Lipinski definition) is 1. The predicted octanol–water partition coefficient (Wildman–Crippen LogP) is 0.240. The highest BCUT2D eigenvalue weighted by Gasteiger charge is 2.22. The molecule has 54 valence electrons. The number of alkyl halides is 2. The van der Waals surface area contributed by atoms with Crippen molar-refractivity contribution in [3.63, 3.8) is 0 Å². The molecule has 0 aliphatic carbocycles. The molecule has 1 fully saturated rings. The van der Waals surface area contributed by atoms with Gasteiger partial charge in [0, 0.05) is 13.1 Å². The van der Waals surface area contributed by atoms with Crippen LogP contribution >= 0.6 is 0 Å². The summed E-state index contributed by atoms with van der Waals surface area (Å²) >= 11 is 0. The fourth-order valence-electron chi connectivity index (χ4n) is 0.748. The van der Waals surface area contributed by atoms with Gasteiger partial charge in [-0.3, -0.25) is 0 Å². The topological polar surface area (TPSA) is 21.3 Å². The van der Waals surface area contributed by atoms with Gasteiger partial charge in [0.1, 0.15) is 6.10 Å². The van der Waals surface area contributed by atoms with Gasteiger partial charge in [0.25, 0.3) is 6.43 Å². The quantitative estimate of drug-likeness (QED) is 0.559. The van der Waals surface area contributed by atoms with E-state index in [2.05, 4.69) is 5.32 Å². The number of rotatable bonds is 1. The summed E-state index contributed by atoms with van der Waals surface area (Å²) < 4.78 is 28.2. The van der Waals surface area contributed by atoms with Gasteiger partial charge in [0.15, 0.2) is 0 Å². The number of morpholine rings is 1. The van der Waals surface area contributed by atoms with Gasteiger partial charge in [-0.15, -0.1) is 0 Å². The minimum Gasteiger partial charge on any atom is -0.370 e. The molecule has 1 atom stereocenters. The first-order valence-electron chi connectivity index (χ1n) is 2.91. The normalized spacial score (nSPS) is 29.0. The molecule has 1 N–H and O–H groups in total. The van der Waals surface area contributed by atoms with Crippen molar-refractivity contribution in [2.45, 2.75) is 12.5 Å². The number of nitrogens with one attached hydrogen (secondary N) is 1. The van der Waals surface area contributed by atoms with Crippen LogP contribution in [0, 0.1) is 0 Å². The molecule has 2 nitrogen and oxygen atoms in total. The van der Waals surface area contributed by atoms with Crippen molar-refractivity contribution in [2.75, 3.05) is 19.7 Å². The molecule has 1 rings (SSSR count). The third kappa shape index (κ3) is 1.87. The van der Waals surface area contributed by atoms with Crippen molar-refractivity contribution < 1.29 is 13.5 Å². The van der Waals surface area contributed by atoms with E-state index < -0.39 is 12.5 Å². The molecule has 1 aliphatic rings. The monoisotopic (exact) mass is 137 g/mol. The summed E-state index contributed by atoms with van der Waals surface area (Å²) in [5.41, 5.74) is 0. The molecule has 0 bridgehead atoms. The minimum atomic E-state index is -2.35. The molecule has 0 aromatic rings. The van der Waals surface area contributed by atoms with Crippen LogP contribution in [0.3, 0.4) is 0 Å². The molecule has 1 heterocycles. The highest BCUT2D eigenvalue weighted by Crippen LogP contribution is 2.06. The van der Waals surface area contributed by atoms with Gasteiger partial charge in [0.05, 0.1) is 6.61 Å². The van der Waals surface area contributed by atoms with Crippen LogP contribution in [0.2, 0.25) is 0 Å². The van der Waals surface area contributed by atoms with E-state index in [4.69, 9.17) is 4.74 Å². The molecular weight excluding hydrogens is 128 g/mol. The summed E-state index contributed by atoms with van der Waals surface area (Å²) in [5, 5.41) is 2.81. The van der Waals surface area contributed by atoms with Crippen molar-refractivity contribution in [1.29, 1.82) is 0 Å².